The predicted molar refractivity (Wildman–Crippen MR) is 122 cm³/mol. The van der Waals surface area contributed by atoms with Crippen molar-refractivity contribution >= 4 is 22.7 Å². The van der Waals surface area contributed by atoms with E-state index in [9.17, 15) is 9.59 Å². The Labute approximate surface area is 180 Å². The Morgan fingerprint density at radius 1 is 0.935 bits per heavy atom. The predicted octanol–water partition coefficient (Wildman–Crippen LogP) is 4.47. The lowest BCUT2D eigenvalue weighted by atomic mass is 9.93. The van der Waals surface area contributed by atoms with Gasteiger partial charge in [-0.15, -0.1) is 0 Å². The summed E-state index contributed by atoms with van der Waals surface area (Å²) in [5, 5.41) is 1.05. The van der Waals surface area contributed by atoms with Crippen LogP contribution in [-0.2, 0) is 4.79 Å². The van der Waals surface area contributed by atoms with Gasteiger partial charge in [-0.25, -0.2) is 0 Å². The van der Waals surface area contributed by atoms with Crippen molar-refractivity contribution in [2.24, 2.45) is 0 Å². The third-order valence-electron chi connectivity index (χ3n) is 5.94. The Kier molecular flexibility index (Phi) is 4.59. The zero-order valence-corrected chi connectivity index (χ0v) is 17.5. The molecule has 5 rings (SSSR count). The Balaban J connectivity index is 1.77. The van der Waals surface area contributed by atoms with Crippen molar-refractivity contribution in [1.29, 1.82) is 0 Å². The highest BCUT2D eigenvalue weighted by molar-refractivity contribution is 6.03. The van der Waals surface area contributed by atoms with Crippen molar-refractivity contribution in [1.82, 2.24) is 14.8 Å². The standard InChI is InChI=1S/C26H23N3O2/c1-28(2)22(30)16-29-25(18-12-6-7-13-19(18)26(29)31)23-20-14-8-9-15-21(20)27-24(23)17-10-4-3-5-11-17/h3-15,25,27H,16H2,1-2H3/t25-/m0/s1. The van der Waals surface area contributed by atoms with Crippen molar-refractivity contribution in [3.63, 3.8) is 0 Å². The van der Waals surface area contributed by atoms with Gasteiger partial charge in [-0.1, -0.05) is 66.7 Å². The molecule has 5 nitrogen and oxygen atoms in total. The average Bonchev–Trinajstić information content (AvgIpc) is 3.30. The van der Waals surface area contributed by atoms with E-state index >= 15 is 0 Å². The van der Waals surface area contributed by atoms with Gasteiger partial charge >= 0.3 is 0 Å². The number of nitrogens with zero attached hydrogens (tertiary/aromatic N) is 2. The van der Waals surface area contributed by atoms with Gasteiger partial charge in [0.1, 0.15) is 6.54 Å². The molecule has 154 valence electrons. The van der Waals surface area contributed by atoms with Gasteiger partial charge in [0.05, 0.1) is 11.7 Å². The van der Waals surface area contributed by atoms with E-state index < -0.39 is 0 Å². The Morgan fingerprint density at radius 3 is 2.39 bits per heavy atom. The van der Waals surface area contributed by atoms with Gasteiger partial charge in [-0.05, 0) is 23.3 Å². The summed E-state index contributed by atoms with van der Waals surface area (Å²) in [6.07, 6.45) is 0. The first-order valence-corrected chi connectivity index (χ1v) is 10.3. The number of carbonyl (C=O) groups excluding carboxylic acids is 2. The van der Waals surface area contributed by atoms with Crippen LogP contribution in [0.2, 0.25) is 0 Å². The topological polar surface area (TPSA) is 56.4 Å². The molecule has 31 heavy (non-hydrogen) atoms. The molecule has 1 aliphatic heterocycles. The van der Waals surface area contributed by atoms with Crippen molar-refractivity contribution in [3.8, 4) is 11.3 Å². The Hall–Kier alpha value is -3.86. The highest BCUT2D eigenvalue weighted by atomic mass is 16.2. The molecule has 1 N–H and O–H groups in total. The summed E-state index contributed by atoms with van der Waals surface area (Å²) in [5.41, 5.74) is 5.63. The number of fused-ring (bicyclic) bond motifs is 2. The summed E-state index contributed by atoms with van der Waals surface area (Å²) in [5.74, 6) is -0.215. The van der Waals surface area contributed by atoms with E-state index in [-0.39, 0.29) is 24.4 Å². The van der Waals surface area contributed by atoms with Crippen LogP contribution in [0.15, 0.2) is 78.9 Å². The third-order valence-corrected chi connectivity index (χ3v) is 5.94. The van der Waals surface area contributed by atoms with Crippen LogP contribution in [0, 0.1) is 0 Å². The van der Waals surface area contributed by atoms with E-state index in [1.807, 2.05) is 60.7 Å². The number of aromatic amines is 1. The number of likely N-dealkylation sites (N-methyl/N-ethyl adjacent to an activating group) is 1. The summed E-state index contributed by atoms with van der Waals surface area (Å²) >= 11 is 0. The molecular weight excluding hydrogens is 386 g/mol. The number of carbonyl (C=O) groups is 2. The van der Waals surface area contributed by atoms with Gasteiger partial charge in [0.15, 0.2) is 0 Å². The molecule has 5 heteroatoms. The minimum absolute atomic E-state index is 0.0267. The van der Waals surface area contributed by atoms with Crippen molar-refractivity contribution in [2.45, 2.75) is 6.04 Å². The number of amides is 2. The van der Waals surface area contributed by atoms with Crippen LogP contribution in [0.4, 0.5) is 0 Å². The number of rotatable bonds is 4. The maximum absolute atomic E-state index is 13.4. The molecule has 0 saturated carbocycles. The fourth-order valence-electron chi connectivity index (χ4n) is 4.41. The maximum Gasteiger partial charge on any atom is 0.255 e. The molecule has 1 aliphatic rings. The zero-order valence-electron chi connectivity index (χ0n) is 17.5. The van der Waals surface area contributed by atoms with Crippen LogP contribution < -0.4 is 0 Å². The average molecular weight is 409 g/mol. The monoisotopic (exact) mass is 409 g/mol. The SMILES string of the molecule is CN(C)C(=O)CN1C(=O)c2ccccc2[C@H]1c1c(-c2ccccc2)[nH]c2ccccc12. The highest BCUT2D eigenvalue weighted by Crippen LogP contribution is 2.45. The van der Waals surface area contributed by atoms with Crippen LogP contribution >= 0.6 is 0 Å². The smallest absolute Gasteiger partial charge is 0.255 e. The molecule has 1 aromatic heterocycles. The summed E-state index contributed by atoms with van der Waals surface area (Å²) in [6, 6.07) is 25.6. The number of H-pyrrole nitrogens is 1. The van der Waals surface area contributed by atoms with Gasteiger partial charge in [-0.3, -0.25) is 9.59 Å². The zero-order chi connectivity index (χ0) is 21.5. The molecule has 4 aromatic rings. The number of hydrogen-bond acceptors (Lipinski definition) is 2. The summed E-state index contributed by atoms with van der Waals surface area (Å²) < 4.78 is 0. The van der Waals surface area contributed by atoms with Crippen LogP contribution in [0.1, 0.15) is 27.5 Å². The largest absolute Gasteiger partial charge is 0.354 e. The second kappa shape index (κ2) is 7.43. The first-order valence-electron chi connectivity index (χ1n) is 10.3. The summed E-state index contributed by atoms with van der Waals surface area (Å²) in [4.78, 5) is 32.8. The first-order chi connectivity index (χ1) is 15.1. The molecule has 3 aromatic carbocycles. The fourth-order valence-corrected chi connectivity index (χ4v) is 4.41. The molecule has 2 heterocycles. The molecule has 2 amide bonds. The summed E-state index contributed by atoms with van der Waals surface area (Å²) in [6.45, 7) is 0.0267. The first kappa shape index (κ1) is 19.1. The molecule has 0 spiro atoms. The van der Waals surface area contributed by atoms with E-state index in [0.717, 1.165) is 33.3 Å². The normalized spacial score (nSPS) is 15.4. The number of aromatic nitrogens is 1. The minimum Gasteiger partial charge on any atom is -0.354 e. The fraction of sp³-hybridized carbons (Fsp3) is 0.154. The van der Waals surface area contributed by atoms with Crippen LogP contribution in [0.25, 0.3) is 22.2 Å². The van der Waals surface area contributed by atoms with E-state index in [2.05, 4.69) is 23.2 Å². The van der Waals surface area contributed by atoms with E-state index in [1.165, 1.54) is 4.90 Å². The lowest BCUT2D eigenvalue weighted by Crippen LogP contribution is -2.39. The van der Waals surface area contributed by atoms with E-state index in [4.69, 9.17) is 0 Å². The second-order valence-corrected chi connectivity index (χ2v) is 8.04. The second-order valence-electron chi connectivity index (χ2n) is 8.04. The number of hydrogen-bond donors (Lipinski definition) is 1. The molecule has 0 saturated heterocycles. The number of benzene rings is 3. The van der Waals surface area contributed by atoms with Gasteiger partial charge in [-0.2, -0.15) is 0 Å². The van der Waals surface area contributed by atoms with E-state index in [1.54, 1.807) is 19.0 Å². The van der Waals surface area contributed by atoms with Crippen LogP contribution in [0.3, 0.4) is 0 Å². The lowest BCUT2D eigenvalue weighted by Gasteiger charge is -2.27. The van der Waals surface area contributed by atoms with Crippen LogP contribution in [0.5, 0.6) is 0 Å². The van der Waals surface area contributed by atoms with Gasteiger partial charge < -0.3 is 14.8 Å². The number of para-hydroxylation sites is 1. The molecule has 0 aliphatic carbocycles. The molecule has 1 atom stereocenters. The highest BCUT2D eigenvalue weighted by Gasteiger charge is 2.41. The van der Waals surface area contributed by atoms with Crippen molar-refractivity contribution < 1.29 is 9.59 Å². The Bertz CT molecular complexity index is 1290. The molecular formula is C26H23N3O2. The minimum atomic E-state index is -0.348. The number of nitrogens with one attached hydrogen (secondary N) is 1. The van der Waals surface area contributed by atoms with Crippen molar-refractivity contribution in [2.75, 3.05) is 20.6 Å². The van der Waals surface area contributed by atoms with Crippen LogP contribution in [-0.4, -0.2) is 47.2 Å². The molecule has 0 fully saturated rings. The molecule has 0 unspecified atom stereocenters. The lowest BCUT2D eigenvalue weighted by molar-refractivity contribution is -0.129. The quantitative estimate of drug-likeness (QED) is 0.541. The molecule has 0 radical (unpaired) electrons. The van der Waals surface area contributed by atoms with Gasteiger partial charge in [0, 0.05) is 36.1 Å². The van der Waals surface area contributed by atoms with E-state index in [0.29, 0.717) is 5.56 Å². The summed E-state index contributed by atoms with van der Waals surface area (Å²) in [7, 11) is 3.43. The Morgan fingerprint density at radius 2 is 1.61 bits per heavy atom. The van der Waals surface area contributed by atoms with Gasteiger partial charge in [0.2, 0.25) is 5.91 Å². The van der Waals surface area contributed by atoms with Gasteiger partial charge in [0.25, 0.3) is 5.91 Å². The third kappa shape index (κ3) is 3.10. The molecule has 0 bridgehead atoms. The van der Waals surface area contributed by atoms with Crippen molar-refractivity contribution in [3.05, 3.63) is 95.6 Å². The maximum atomic E-state index is 13.4.